The van der Waals surface area contributed by atoms with Gasteiger partial charge in [-0.25, -0.2) is 0 Å². The lowest BCUT2D eigenvalue weighted by Gasteiger charge is -2.13. The number of amides is 1. The van der Waals surface area contributed by atoms with Crippen LogP contribution in [-0.4, -0.2) is 28.1 Å². The van der Waals surface area contributed by atoms with E-state index in [1.807, 2.05) is 0 Å². The van der Waals surface area contributed by atoms with Crippen LogP contribution in [0.5, 0.6) is 0 Å². The number of halogens is 3. The molecule has 86 valence electrons. The molecule has 2 aliphatic rings. The first-order valence-corrected chi connectivity index (χ1v) is 5.45. The van der Waals surface area contributed by atoms with Crippen LogP contribution in [0.2, 0.25) is 0 Å². The maximum absolute atomic E-state index is 12.2. The first-order valence-electron chi connectivity index (χ1n) is 4.58. The van der Waals surface area contributed by atoms with E-state index in [0.29, 0.717) is 15.3 Å². The van der Waals surface area contributed by atoms with Crippen LogP contribution in [-0.2, 0) is 4.79 Å². The van der Waals surface area contributed by atoms with Gasteiger partial charge in [0.1, 0.15) is 6.10 Å². The van der Waals surface area contributed by atoms with E-state index in [1.54, 1.807) is 11.4 Å². The summed E-state index contributed by atoms with van der Waals surface area (Å²) >= 11 is 1.31. The molecule has 1 N–H and O–H groups in total. The van der Waals surface area contributed by atoms with Crippen molar-refractivity contribution in [3.8, 4) is 0 Å². The predicted octanol–water partition coefficient (Wildman–Crippen LogP) is 1.61. The molecule has 0 radical (unpaired) electrons. The first-order chi connectivity index (χ1) is 7.43. The summed E-state index contributed by atoms with van der Waals surface area (Å²) in [5, 5.41) is 11.4. The summed E-state index contributed by atoms with van der Waals surface area (Å²) in [5.74, 6) is -1.86. The number of aliphatic hydroxyl groups is 1. The minimum Gasteiger partial charge on any atom is -0.385 e. The van der Waals surface area contributed by atoms with Crippen molar-refractivity contribution in [1.82, 2.24) is 4.90 Å². The number of carbonyl (C=O) groups excluding carboxylic acids is 1. The van der Waals surface area contributed by atoms with E-state index in [1.165, 1.54) is 11.3 Å². The van der Waals surface area contributed by atoms with Crippen LogP contribution in [0, 0.1) is 0 Å². The Kier molecular flexibility index (Phi) is 1.75. The van der Waals surface area contributed by atoms with Gasteiger partial charge in [0, 0.05) is 4.88 Å². The third-order valence-corrected chi connectivity index (χ3v) is 3.97. The van der Waals surface area contributed by atoms with Gasteiger partial charge in [0.25, 0.3) is 0 Å². The molecule has 0 aromatic carbocycles. The number of fused-ring (bicyclic) bond motifs is 3. The average Bonchev–Trinajstić information content (AvgIpc) is 2.57. The van der Waals surface area contributed by atoms with Gasteiger partial charge in [-0.3, -0.25) is 4.79 Å². The van der Waals surface area contributed by atoms with E-state index in [4.69, 9.17) is 0 Å². The summed E-state index contributed by atoms with van der Waals surface area (Å²) in [6.45, 7) is 0. The Morgan fingerprint density at radius 1 is 1.50 bits per heavy atom. The summed E-state index contributed by atoms with van der Waals surface area (Å²) in [7, 11) is 0. The van der Waals surface area contributed by atoms with E-state index in [0.717, 1.165) is 0 Å². The lowest BCUT2D eigenvalue weighted by Crippen LogP contribution is -2.32. The molecule has 1 aliphatic carbocycles. The van der Waals surface area contributed by atoms with Gasteiger partial charge in [0.05, 0.1) is 12.1 Å². The molecule has 3 atom stereocenters. The Balaban J connectivity index is 1.90. The molecule has 0 saturated carbocycles. The molecule has 0 spiro atoms. The standard InChI is InChI=1S/C9H6F3NO2S/c10-9(11,12)8(15)13-4-3-1-2-16-7(3)6(14)5(4)13/h1-2,4-6,14H. The third kappa shape index (κ3) is 1.10. The summed E-state index contributed by atoms with van der Waals surface area (Å²) in [6, 6.07) is 0.374. The average molecular weight is 249 g/mol. The molecule has 2 heterocycles. The van der Waals surface area contributed by atoms with Crippen molar-refractivity contribution in [3.63, 3.8) is 0 Å². The molecule has 0 bridgehead atoms. The fourth-order valence-electron chi connectivity index (χ4n) is 2.29. The molecule has 1 fully saturated rings. The van der Waals surface area contributed by atoms with Gasteiger partial charge in [-0.05, 0) is 17.0 Å². The number of hydrogen-bond donors (Lipinski definition) is 1. The van der Waals surface area contributed by atoms with E-state index in [-0.39, 0.29) is 0 Å². The normalized spacial score (nSPS) is 31.2. The molecule has 3 unspecified atom stereocenters. The van der Waals surface area contributed by atoms with Crippen molar-refractivity contribution in [3.05, 3.63) is 21.9 Å². The van der Waals surface area contributed by atoms with Crippen molar-refractivity contribution in [2.75, 3.05) is 0 Å². The van der Waals surface area contributed by atoms with Crippen molar-refractivity contribution >= 4 is 17.2 Å². The van der Waals surface area contributed by atoms with E-state index in [2.05, 4.69) is 0 Å². The number of carbonyl (C=O) groups is 1. The number of alkyl halides is 3. The van der Waals surface area contributed by atoms with Gasteiger partial charge in [-0.1, -0.05) is 0 Å². The number of rotatable bonds is 0. The van der Waals surface area contributed by atoms with E-state index in [9.17, 15) is 23.1 Å². The zero-order chi connectivity index (χ0) is 11.7. The quantitative estimate of drug-likeness (QED) is 0.709. The second-order valence-electron chi connectivity index (χ2n) is 3.83. The van der Waals surface area contributed by atoms with Crippen molar-refractivity contribution < 1.29 is 23.1 Å². The lowest BCUT2D eigenvalue weighted by atomic mass is 10.2. The highest BCUT2D eigenvalue weighted by molar-refractivity contribution is 7.10. The molecule has 16 heavy (non-hydrogen) atoms. The first kappa shape index (κ1) is 10.1. The van der Waals surface area contributed by atoms with Crippen LogP contribution in [0.15, 0.2) is 11.4 Å². The van der Waals surface area contributed by atoms with Crippen LogP contribution in [0.25, 0.3) is 0 Å². The maximum atomic E-state index is 12.2. The van der Waals surface area contributed by atoms with E-state index >= 15 is 0 Å². The summed E-state index contributed by atoms with van der Waals surface area (Å²) in [4.78, 5) is 12.4. The van der Waals surface area contributed by atoms with E-state index < -0.39 is 30.3 Å². The van der Waals surface area contributed by atoms with Crippen LogP contribution in [0.1, 0.15) is 22.6 Å². The summed E-state index contributed by atoms with van der Waals surface area (Å²) in [6.07, 6.45) is -5.83. The topological polar surface area (TPSA) is 40.3 Å². The van der Waals surface area contributed by atoms with Crippen molar-refractivity contribution in [2.24, 2.45) is 0 Å². The van der Waals surface area contributed by atoms with Gasteiger partial charge in [-0.2, -0.15) is 13.2 Å². The van der Waals surface area contributed by atoms with Crippen LogP contribution in [0.4, 0.5) is 13.2 Å². The van der Waals surface area contributed by atoms with Crippen molar-refractivity contribution in [1.29, 1.82) is 0 Å². The highest BCUT2D eigenvalue weighted by Crippen LogP contribution is 2.59. The zero-order valence-corrected chi connectivity index (χ0v) is 8.55. The molecule has 1 aromatic heterocycles. The van der Waals surface area contributed by atoms with Gasteiger partial charge < -0.3 is 10.0 Å². The number of hydrogen-bond acceptors (Lipinski definition) is 3. The predicted molar refractivity (Wildman–Crippen MR) is 48.7 cm³/mol. The van der Waals surface area contributed by atoms with Crippen LogP contribution < -0.4 is 0 Å². The molecule has 3 nitrogen and oxygen atoms in total. The summed E-state index contributed by atoms with van der Waals surface area (Å²) < 4.78 is 36.6. The van der Waals surface area contributed by atoms with Crippen molar-refractivity contribution in [2.45, 2.75) is 24.4 Å². The van der Waals surface area contributed by atoms with Gasteiger partial charge >= 0.3 is 12.1 Å². The molecule has 3 rings (SSSR count). The number of nitrogens with zero attached hydrogens (tertiary/aromatic N) is 1. The van der Waals surface area contributed by atoms with Gasteiger partial charge in [0.15, 0.2) is 0 Å². The molecular formula is C9H6F3NO2S. The van der Waals surface area contributed by atoms with Crippen LogP contribution in [0.3, 0.4) is 0 Å². The molecule has 1 amide bonds. The van der Waals surface area contributed by atoms with Gasteiger partial charge in [-0.15, -0.1) is 11.3 Å². The molecule has 7 heteroatoms. The number of thiophene rings is 1. The second kappa shape index (κ2) is 2.78. The minimum absolute atomic E-state index is 0.578. The number of aliphatic hydroxyl groups excluding tert-OH is 1. The Hall–Kier alpha value is -1.08. The fourth-order valence-corrected chi connectivity index (χ4v) is 3.25. The Morgan fingerprint density at radius 3 is 2.81 bits per heavy atom. The zero-order valence-electron chi connectivity index (χ0n) is 7.73. The highest BCUT2D eigenvalue weighted by atomic mass is 32.1. The molecule has 1 aromatic rings. The monoisotopic (exact) mass is 249 g/mol. The Labute approximate surface area is 92.1 Å². The molecule has 1 aliphatic heterocycles. The second-order valence-corrected chi connectivity index (χ2v) is 4.78. The fraction of sp³-hybridized carbons (Fsp3) is 0.444. The van der Waals surface area contributed by atoms with Crippen LogP contribution >= 0.6 is 11.3 Å². The highest BCUT2D eigenvalue weighted by Gasteiger charge is 2.66. The Morgan fingerprint density at radius 2 is 2.19 bits per heavy atom. The molecule has 1 saturated heterocycles. The lowest BCUT2D eigenvalue weighted by molar-refractivity contribution is -0.181. The third-order valence-electron chi connectivity index (χ3n) is 2.97. The minimum atomic E-state index is -4.86. The molecular weight excluding hydrogens is 243 g/mol. The summed E-state index contributed by atoms with van der Waals surface area (Å²) in [5.41, 5.74) is 0.653. The smallest absolute Gasteiger partial charge is 0.385 e. The largest absolute Gasteiger partial charge is 0.471 e. The Bertz CT molecular complexity index is 470. The SMILES string of the molecule is O=C(N1C2c3ccsc3C(O)C21)C(F)(F)F. The van der Waals surface area contributed by atoms with Gasteiger partial charge in [0.2, 0.25) is 0 Å². The maximum Gasteiger partial charge on any atom is 0.471 e.